The summed E-state index contributed by atoms with van der Waals surface area (Å²) < 4.78 is 6.42. The van der Waals surface area contributed by atoms with Gasteiger partial charge >= 0.3 is 0 Å². The molecular formula is C16H20Cl2O. The van der Waals surface area contributed by atoms with Gasteiger partial charge in [0, 0.05) is 10.1 Å². The largest absolute Gasteiger partial charge is 0.363 e. The Hall–Kier alpha value is 0.0200. The van der Waals surface area contributed by atoms with Gasteiger partial charge < -0.3 is 4.74 Å². The summed E-state index contributed by atoms with van der Waals surface area (Å²) >= 11 is 12.9. The SMILES string of the molecule is ClC1=CC2CCC(C2)C1OC1C(Cl)=CC2CCC1C2. The van der Waals surface area contributed by atoms with Gasteiger partial charge in [0.2, 0.25) is 0 Å². The Labute approximate surface area is 125 Å². The van der Waals surface area contributed by atoms with Crippen molar-refractivity contribution in [1.82, 2.24) is 0 Å². The highest BCUT2D eigenvalue weighted by Crippen LogP contribution is 2.48. The molecule has 6 atom stereocenters. The molecule has 19 heavy (non-hydrogen) atoms. The van der Waals surface area contributed by atoms with E-state index in [-0.39, 0.29) is 12.2 Å². The Balaban J connectivity index is 1.55. The molecule has 0 amide bonds. The predicted octanol–water partition coefficient (Wildman–Crippen LogP) is 4.85. The average Bonchev–Trinajstić information content (AvgIpc) is 2.94. The number of hydrogen-bond acceptors (Lipinski definition) is 1. The molecule has 0 saturated heterocycles. The lowest BCUT2D eigenvalue weighted by Crippen LogP contribution is -2.35. The molecule has 0 aromatic carbocycles. The maximum atomic E-state index is 6.45. The molecule has 4 aliphatic carbocycles. The van der Waals surface area contributed by atoms with Crippen LogP contribution >= 0.6 is 23.2 Å². The van der Waals surface area contributed by atoms with Gasteiger partial charge in [0.1, 0.15) is 0 Å². The van der Waals surface area contributed by atoms with Gasteiger partial charge in [-0.05, 0) is 62.2 Å². The minimum Gasteiger partial charge on any atom is -0.363 e. The summed E-state index contributed by atoms with van der Waals surface area (Å²) in [6.45, 7) is 0. The molecule has 3 heteroatoms. The van der Waals surface area contributed by atoms with Crippen molar-refractivity contribution in [2.75, 3.05) is 0 Å². The Kier molecular flexibility index (Phi) is 3.21. The zero-order valence-corrected chi connectivity index (χ0v) is 12.5. The van der Waals surface area contributed by atoms with E-state index in [4.69, 9.17) is 27.9 Å². The number of hydrogen-bond donors (Lipinski definition) is 0. The predicted molar refractivity (Wildman–Crippen MR) is 78.2 cm³/mol. The summed E-state index contributed by atoms with van der Waals surface area (Å²) in [5.41, 5.74) is 0. The molecular weight excluding hydrogens is 279 g/mol. The van der Waals surface area contributed by atoms with Crippen molar-refractivity contribution >= 4 is 23.2 Å². The number of fused-ring (bicyclic) bond motifs is 4. The van der Waals surface area contributed by atoms with Crippen molar-refractivity contribution in [3.63, 3.8) is 0 Å². The lowest BCUT2D eigenvalue weighted by Gasteiger charge is -2.35. The van der Waals surface area contributed by atoms with Gasteiger partial charge in [0.25, 0.3) is 0 Å². The van der Waals surface area contributed by atoms with Crippen molar-refractivity contribution in [3.8, 4) is 0 Å². The summed E-state index contributed by atoms with van der Waals surface area (Å²) in [5.74, 6) is 2.63. The lowest BCUT2D eigenvalue weighted by molar-refractivity contribution is -0.0278. The van der Waals surface area contributed by atoms with Crippen LogP contribution in [0, 0.1) is 23.7 Å². The second-order valence-electron chi connectivity index (χ2n) is 6.75. The van der Waals surface area contributed by atoms with E-state index < -0.39 is 0 Å². The summed E-state index contributed by atoms with van der Waals surface area (Å²) in [6, 6.07) is 0. The Morgan fingerprint density at radius 2 is 1.26 bits per heavy atom. The third-order valence-corrected chi connectivity index (χ3v) is 6.19. The van der Waals surface area contributed by atoms with E-state index in [0.29, 0.717) is 23.7 Å². The molecule has 4 rings (SSSR count). The van der Waals surface area contributed by atoms with Crippen LogP contribution in [0.25, 0.3) is 0 Å². The molecule has 1 nitrogen and oxygen atoms in total. The Bertz CT molecular complexity index is 402. The first-order valence-corrected chi connectivity index (χ1v) is 8.36. The third kappa shape index (κ3) is 2.18. The molecule has 6 unspecified atom stereocenters. The topological polar surface area (TPSA) is 9.23 Å². The molecule has 2 saturated carbocycles. The molecule has 4 bridgehead atoms. The van der Waals surface area contributed by atoms with Crippen LogP contribution in [-0.2, 0) is 4.74 Å². The fourth-order valence-corrected chi connectivity index (χ4v) is 5.37. The fraction of sp³-hybridized carbons (Fsp3) is 0.750. The van der Waals surface area contributed by atoms with E-state index in [1.54, 1.807) is 0 Å². The smallest absolute Gasteiger partial charge is 0.0964 e. The van der Waals surface area contributed by atoms with Crippen LogP contribution < -0.4 is 0 Å². The quantitative estimate of drug-likeness (QED) is 0.708. The molecule has 0 N–H and O–H groups in total. The maximum absolute atomic E-state index is 6.45. The Morgan fingerprint density at radius 1 is 0.789 bits per heavy atom. The monoisotopic (exact) mass is 298 g/mol. The van der Waals surface area contributed by atoms with Crippen LogP contribution in [0.5, 0.6) is 0 Å². The summed E-state index contributed by atoms with van der Waals surface area (Å²) in [7, 11) is 0. The highest BCUT2D eigenvalue weighted by Gasteiger charge is 2.42. The van der Waals surface area contributed by atoms with Gasteiger partial charge in [0.05, 0.1) is 12.2 Å². The summed E-state index contributed by atoms with van der Waals surface area (Å²) in [5, 5.41) is 1.87. The normalized spacial score (nSPS) is 48.1. The van der Waals surface area contributed by atoms with Crippen LogP contribution in [0.3, 0.4) is 0 Å². The molecule has 104 valence electrons. The zero-order valence-electron chi connectivity index (χ0n) is 11.0. The minimum absolute atomic E-state index is 0.102. The van der Waals surface area contributed by atoms with Gasteiger partial charge in [0.15, 0.2) is 0 Å². The molecule has 0 aliphatic heterocycles. The Morgan fingerprint density at radius 3 is 1.74 bits per heavy atom. The van der Waals surface area contributed by atoms with Crippen molar-refractivity contribution in [2.45, 2.75) is 50.7 Å². The standard InChI is InChI=1S/C16H20Cl2O/c17-13-7-9-1-3-11(5-9)15(13)19-16-12-4-2-10(6-12)8-14(16)18/h7-12,15-16H,1-6H2. The van der Waals surface area contributed by atoms with E-state index in [2.05, 4.69) is 12.2 Å². The number of rotatable bonds is 2. The van der Waals surface area contributed by atoms with Crippen molar-refractivity contribution in [3.05, 3.63) is 22.2 Å². The van der Waals surface area contributed by atoms with Crippen LogP contribution in [0.2, 0.25) is 0 Å². The summed E-state index contributed by atoms with van der Waals surface area (Å²) in [4.78, 5) is 0. The second-order valence-corrected chi connectivity index (χ2v) is 7.62. The number of ether oxygens (including phenoxy) is 1. The van der Waals surface area contributed by atoms with E-state index in [9.17, 15) is 0 Å². The molecule has 0 aromatic heterocycles. The highest BCUT2D eigenvalue weighted by molar-refractivity contribution is 6.30. The summed E-state index contributed by atoms with van der Waals surface area (Å²) in [6.07, 6.45) is 12.2. The van der Waals surface area contributed by atoms with Crippen LogP contribution in [-0.4, -0.2) is 12.2 Å². The van der Waals surface area contributed by atoms with E-state index in [1.165, 1.54) is 38.5 Å². The lowest BCUT2D eigenvalue weighted by atomic mass is 9.90. The van der Waals surface area contributed by atoms with E-state index >= 15 is 0 Å². The van der Waals surface area contributed by atoms with Gasteiger partial charge in [-0.15, -0.1) is 0 Å². The molecule has 2 fully saturated rings. The fourth-order valence-electron chi connectivity index (χ4n) is 4.56. The molecule has 0 radical (unpaired) electrons. The number of allylic oxidation sites excluding steroid dienone is 2. The first-order valence-electron chi connectivity index (χ1n) is 7.60. The number of halogens is 2. The van der Waals surface area contributed by atoms with Gasteiger partial charge in [-0.2, -0.15) is 0 Å². The van der Waals surface area contributed by atoms with Crippen molar-refractivity contribution < 1.29 is 4.74 Å². The van der Waals surface area contributed by atoms with E-state index in [0.717, 1.165) is 10.1 Å². The highest BCUT2D eigenvalue weighted by atomic mass is 35.5. The first-order chi connectivity index (χ1) is 9.20. The van der Waals surface area contributed by atoms with Gasteiger partial charge in [-0.3, -0.25) is 0 Å². The molecule has 0 aromatic rings. The van der Waals surface area contributed by atoms with Gasteiger partial charge in [-0.1, -0.05) is 35.4 Å². The second kappa shape index (κ2) is 4.79. The van der Waals surface area contributed by atoms with E-state index in [1.807, 2.05) is 0 Å². The van der Waals surface area contributed by atoms with Crippen molar-refractivity contribution in [1.29, 1.82) is 0 Å². The average molecular weight is 299 g/mol. The zero-order chi connectivity index (χ0) is 13.0. The molecule has 0 spiro atoms. The van der Waals surface area contributed by atoms with Crippen LogP contribution in [0.1, 0.15) is 38.5 Å². The first kappa shape index (κ1) is 12.7. The van der Waals surface area contributed by atoms with Crippen LogP contribution in [0.15, 0.2) is 22.2 Å². The molecule has 0 heterocycles. The maximum Gasteiger partial charge on any atom is 0.0964 e. The van der Waals surface area contributed by atoms with Gasteiger partial charge in [-0.25, -0.2) is 0 Å². The molecule has 4 aliphatic rings. The van der Waals surface area contributed by atoms with Crippen LogP contribution in [0.4, 0.5) is 0 Å². The minimum atomic E-state index is 0.102. The van der Waals surface area contributed by atoms with Crippen molar-refractivity contribution in [2.24, 2.45) is 23.7 Å². The third-order valence-electron chi connectivity index (χ3n) is 5.51.